The van der Waals surface area contributed by atoms with Crippen molar-refractivity contribution in [3.63, 3.8) is 0 Å². The van der Waals surface area contributed by atoms with Crippen molar-refractivity contribution in [3.8, 4) is 23.0 Å². The number of aromatic hydroxyl groups is 1. The van der Waals surface area contributed by atoms with Crippen LogP contribution in [0, 0.1) is 5.82 Å². The summed E-state index contributed by atoms with van der Waals surface area (Å²) in [7, 11) is 0. The van der Waals surface area contributed by atoms with Crippen molar-refractivity contribution in [1.29, 1.82) is 0 Å². The highest BCUT2D eigenvalue weighted by atomic mass is 35.5. The Morgan fingerprint density at radius 3 is 2.78 bits per heavy atom. The Hall–Kier alpha value is -3.34. The second-order valence-electron chi connectivity index (χ2n) is 13.8. The van der Waals surface area contributed by atoms with Crippen molar-refractivity contribution in [1.82, 2.24) is 25.2 Å². The molecule has 2 N–H and O–H groups in total. The van der Waals surface area contributed by atoms with Gasteiger partial charge in [0, 0.05) is 59.8 Å². The van der Waals surface area contributed by atoms with Gasteiger partial charge in [0.15, 0.2) is 5.82 Å². The van der Waals surface area contributed by atoms with Gasteiger partial charge in [-0.2, -0.15) is 9.97 Å². The lowest BCUT2D eigenvalue weighted by molar-refractivity contribution is 0.0811. The van der Waals surface area contributed by atoms with Crippen LogP contribution in [0.3, 0.4) is 0 Å². The zero-order valence-electron chi connectivity index (χ0n) is 24.9. The maximum Gasteiger partial charge on any atom is 0.319 e. The first-order valence-corrected chi connectivity index (χ1v) is 16.6. The van der Waals surface area contributed by atoms with Crippen LogP contribution in [0.25, 0.3) is 32.9 Å². The summed E-state index contributed by atoms with van der Waals surface area (Å²) in [6.07, 6.45) is 8.53. The number of nitrogens with zero attached hydrogens (tertiary/aromatic N) is 5. The molecule has 8 nitrogen and oxygen atoms in total. The second kappa shape index (κ2) is 10.1. The summed E-state index contributed by atoms with van der Waals surface area (Å²) in [5.41, 5.74) is -1.05. The molecule has 11 heteroatoms. The largest absolute Gasteiger partial charge is 0.508 e. The van der Waals surface area contributed by atoms with E-state index in [1.807, 2.05) is 6.07 Å². The smallest absolute Gasteiger partial charge is 0.319 e. The highest BCUT2D eigenvalue weighted by Crippen LogP contribution is 2.55. The van der Waals surface area contributed by atoms with E-state index in [-0.39, 0.29) is 35.6 Å². The Labute approximate surface area is 264 Å². The Balaban J connectivity index is 1.15. The summed E-state index contributed by atoms with van der Waals surface area (Å²) in [4.78, 5) is 18.7. The maximum absolute atomic E-state index is 16.8. The SMILES string of the molecule is Oc1cc(-c2ncc3c(N4CC5CCC(C4)N5)nc(OC[C@@]45CCCN4[C@H]4CCC[C@@]4(F)C5)nc3c2F)c2c(Cl)cccc2c1. The number of piperazine rings is 1. The molecule has 6 heterocycles. The Morgan fingerprint density at radius 2 is 1.93 bits per heavy atom. The molecule has 4 aliphatic heterocycles. The molecule has 1 aliphatic carbocycles. The van der Waals surface area contributed by atoms with Crippen LogP contribution in [0.15, 0.2) is 36.5 Å². The topological polar surface area (TPSA) is 86.6 Å². The lowest BCUT2D eigenvalue weighted by Gasteiger charge is -2.35. The molecule has 5 atom stereocenters. The van der Waals surface area contributed by atoms with Crippen LogP contribution in [0.5, 0.6) is 11.8 Å². The van der Waals surface area contributed by atoms with Gasteiger partial charge in [0.25, 0.3) is 0 Å². The third-order valence-electron chi connectivity index (χ3n) is 11.1. The number of aromatic nitrogens is 3. The third kappa shape index (κ3) is 4.32. The van der Waals surface area contributed by atoms with E-state index in [1.165, 1.54) is 6.07 Å². The summed E-state index contributed by atoms with van der Waals surface area (Å²) in [6.45, 7) is 2.61. The monoisotopic (exact) mass is 632 g/mol. The van der Waals surface area contributed by atoms with Crippen molar-refractivity contribution < 1.29 is 18.6 Å². The molecular weight excluding hydrogens is 598 g/mol. The normalized spacial score (nSPS) is 30.8. The fourth-order valence-electron chi connectivity index (χ4n) is 9.28. The van der Waals surface area contributed by atoms with Crippen LogP contribution in [0.1, 0.15) is 51.4 Å². The van der Waals surface area contributed by atoms with Gasteiger partial charge in [0.1, 0.15) is 35.1 Å². The molecule has 0 spiro atoms. The van der Waals surface area contributed by atoms with Gasteiger partial charge in [-0.25, -0.2) is 8.78 Å². The molecule has 5 aliphatic rings. The Morgan fingerprint density at radius 1 is 1.09 bits per heavy atom. The van der Waals surface area contributed by atoms with E-state index in [2.05, 4.69) is 25.1 Å². The lowest BCUT2D eigenvalue weighted by atomic mass is 9.88. The van der Waals surface area contributed by atoms with Crippen LogP contribution in [0.2, 0.25) is 5.02 Å². The number of nitrogens with one attached hydrogen (secondary N) is 1. The molecule has 2 bridgehead atoms. The zero-order chi connectivity index (χ0) is 30.5. The highest BCUT2D eigenvalue weighted by Gasteiger charge is 2.63. The van der Waals surface area contributed by atoms with Crippen LogP contribution < -0.4 is 15.0 Å². The number of phenolic OH excluding ortho intramolecular Hbond substituents is 1. The maximum atomic E-state index is 16.8. The van der Waals surface area contributed by atoms with E-state index in [4.69, 9.17) is 21.3 Å². The molecule has 2 aromatic heterocycles. The van der Waals surface area contributed by atoms with Gasteiger partial charge in [0.05, 0.1) is 10.9 Å². The standard InChI is InChI=1S/C34H35ClF2N6O2/c35-25-5-1-4-19-12-22(44)13-23(27(19)25)29-28(36)30-24(14-38-29)31(42-15-20-7-8-21(16-42)39-20)41-32(40-30)45-18-33-9-3-11-43(33)26-6-2-10-34(26,37)17-33/h1,4-5,12-14,20-21,26,39,44H,2-3,6-11,15-18H2/t20?,21?,26-,33-,34+/m0/s1. The van der Waals surface area contributed by atoms with Gasteiger partial charge < -0.3 is 20.1 Å². The van der Waals surface area contributed by atoms with Gasteiger partial charge in [-0.15, -0.1) is 0 Å². The van der Waals surface area contributed by atoms with Gasteiger partial charge in [0.2, 0.25) is 0 Å². The van der Waals surface area contributed by atoms with Crippen LogP contribution in [-0.2, 0) is 0 Å². The fourth-order valence-corrected chi connectivity index (χ4v) is 9.57. The van der Waals surface area contributed by atoms with Crippen LogP contribution in [0.4, 0.5) is 14.6 Å². The molecule has 1 saturated carbocycles. The van der Waals surface area contributed by atoms with Gasteiger partial charge in [-0.05, 0) is 75.1 Å². The number of phenols is 1. The minimum Gasteiger partial charge on any atom is -0.508 e. The summed E-state index contributed by atoms with van der Waals surface area (Å²) in [6, 6.07) is 9.12. The molecule has 5 fully saturated rings. The minimum absolute atomic E-state index is 0.0166. The molecule has 0 amide bonds. The van der Waals surface area contributed by atoms with Gasteiger partial charge >= 0.3 is 6.01 Å². The number of fused-ring (bicyclic) bond motifs is 7. The average Bonchev–Trinajstić information content (AvgIpc) is 3.74. The number of anilines is 1. The molecule has 2 aromatic carbocycles. The van der Waals surface area contributed by atoms with Crippen molar-refractivity contribution in [2.24, 2.45) is 0 Å². The first-order chi connectivity index (χ1) is 21.8. The van der Waals surface area contributed by atoms with Gasteiger partial charge in [-0.3, -0.25) is 9.88 Å². The molecule has 0 radical (unpaired) electrons. The van der Waals surface area contributed by atoms with E-state index in [0.29, 0.717) is 57.5 Å². The van der Waals surface area contributed by atoms with Crippen molar-refractivity contribution >= 4 is 39.1 Å². The number of halogens is 3. The van der Waals surface area contributed by atoms with E-state index in [0.717, 1.165) is 58.2 Å². The summed E-state index contributed by atoms with van der Waals surface area (Å²) < 4.78 is 39.2. The second-order valence-corrected chi connectivity index (χ2v) is 14.2. The molecule has 4 aromatic rings. The number of hydrogen-bond donors (Lipinski definition) is 2. The van der Waals surface area contributed by atoms with E-state index >= 15 is 8.78 Å². The highest BCUT2D eigenvalue weighted by molar-refractivity contribution is 6.36. The van der Waals surface area contributed by atoms with Crippen molar-refractivity contribution in [2.45, 2.75) is 80.7 Å². The first-order valence-electron chi connectivity index (χ1n) is 16.2. The van der Waals surface area contributed by atoms with E-state index < -0.39 is 17.0 Å². The predicted molar refractivity (Wildman–Crippen MR) is 169 cm³/mol. The number of ether oxygens (including phenoxy) is 1. The number of benzene rings is 2. The molecule has 2 unspecified atom stereocenters. The first kappa shape index (κ1) is 27.9. The third-order valence-corrected chi connectivity index (χ3v) is 11.4. The molecular formula is C34H35ClF2N6O2. The number of hydrogen-bond acceptors (Lipinski definition) is 8. The number of pyridine rings is 1. The summed E-state index contributed by atoms with van der Waals surface area (Å²) in [5, 5.41) is 16.4. The lowest BCUT2D eigenvalue weighted by Crippen LogP contribution is -2.51. The minimum atomic E-state index is -1.17. The molecule has 234 valence electrons. The zero-order valence-corrected chi connectivity index (χ0v) is 25.7. The van der Waals surface area contributed by atoms with Crippen molar-refractivity contribution in [2.75, 3.05) is 31.1 Å². The molecule has 45 heavy (non-hydrogen) atoms. The van der Waals surface area contributed by atoms with E-state index in [9.17, 15) is 5.11 Å². The molecule has 9 rings (SSSR count). The summed E-state index contributed by atoms with van der Waals surface area (Å²) >= 11 is 6.59. The Kier molecular flexibility index (Phi) is 6.25. The predicted octanol–water partition coefficient (Wildman–Crippen LogP) is 6.16. The van der Waals surface area contributed by atoms with Crippen LogP contribution >= 0.6 is 11.6 Å². The average molecular weight is 633 g/mol. The quantitative estimate of drug-likeness (QED) is 0.271. The van der Waals surface area contributed by atoms with Crippen LogP contribution in [-0.4, -0.2) is 80.5 Å². The number of alkyl halides is 1. The van der Waals surface area contributed by atoms with Gasteiger partial charge in [-0.1, -0.05) is 23.7 Å². The van der Waals surface area contributed by atoms with Crippen molar-refractivity contribution in [3.05, 3.63) is 47.4 Å². The Bertz CT molecular complexity index is 1850. The fraction of sp³-hybridized carbons (Fsp3) is 0.500. The van der Waals surface area contributed by atoms with E-state index in [1.54, 1.807) is 24.4 Å². The molecule has 4 saturated heterocycles. The summed E-state index contributed by atoms with van der Waals surface area (Å²) in [5.74, 6) is -0.0574. The number of rotatable bonds is 5.